The molecule has 1 N–H and O–H groups in total. The smallest absolute Gasteiger partial charge is 0.348 e. The van der Waals surface area contributed by atoms with Gasteiger partial charge in [-0.2, -0.15) is 8.78 Å². The van der Waals surface area contributed by atoms with Gasteiger partial charge in [-0.15, -0.1) is 0 Å². The summed E-state index contributed by atoms with van der Waals surface area (Å²) in [6, 6.07) is 6.61. The van der Waals surface area contributed by atoms with Crippen molar-refractivity contribution in [3.63, 3.8) is 0 Å². The van der Waals surface area contributed by atoms with E-state index in [1.54, 1.807) is 0 Å². The molecule has 1 saturated heterocycles. The van der Waals surface area contributed by atoms with Crippen LogP contribution in [0.1, 0.15) is 39.9 Å². The van der Waals surface area contributed by atoms with Crippen molar-refractivity contribution >= 4 is 56.5 Å². The van der Waals surface area contributed by atoms with Crippen LogP contribution in [0.4, 0.5) is 8.78 Å². The topological polar surface area (TPSA) is 86.8 Å². The van der Waals surface area contributed by atoms with Crippen LogP contribution >= 0.6 is 11.6 Å². The second-order valence-electron chi connectivity index (χ2n) is 8.12. The molecule has 2 aliphatic rings. The van der Waals surface area contributed by atoms with Crippen molar-refractivity contribution in [2.75, 3.05) is 0 Å². The number of rotatable bonds is 5. The highest BCUT2D eigenvalue weighted by atomic mass is 35.5. The molecule has 170 valence electrons. The van der Waals surface area contributed by atoms with E-state index >= 15 is 0 Å². The van der Waals surface area contributed by atoms with Crippen molar-refractivity contribution in [2.45, 2.75) is 37.9 Å². The second kappa shape index (κ2) is 8.87. The highest BCUT2D eigenvalue weighted by Crippen LogP contribution is 2.32. The molecule has 2 aromatic carbocycles. The first kappa shape index (κ1) is 23.9. The third kappa shape index (κ3) is 4.32. The maximum absolute atomic E-state index is 14.7. The number of imide groups is 1. The highest BCUT2D eigenvalue weighted by Gasteiger charge is 2.43. The molecule has 1 fully saturated rings. The summed E-state index contributed by atoms with van der Waals surface area (Å²) in [5.41, 5.74) is 0.538. The van der Waals surface area contributed by atoms with Crippen molar-refractivity contribution < 1.29 is 28.0 Å². The van der Waals surface area contributed by atoms with Crippen LogP contribution in [0.2, 0.25) is 5.02 Å². The Morgan fingerprint density at radius 1 is 1.21 bits per heavy atom. The molecule has 2 aromatic rings. The number of amides is 4. The Hall–Kier alpha value is -3.20. The Kier molecular flexibility index (Phi) is 6.24. The zero-order valence-electron chi connectivity index (χ0n) is 17.7. The van der Waals surface area contributed by atoms with Gasteiger partial charge in [-0.3, -0.25) is 24.5 Å². The fourth-order valence-corrected chi connectivity index (χ4v) is 4.16. The van der Waals surface area contributed by atoms with Gasteiger partial charge in [-0.05, 0) is 29.7 Å². The van der Waals surface area contributed by atoms with Crippen molar-refractivity contribution in [1.29, 1.82) is 0 Å². The summed E-state index contributed by atoms with van der Waals surface area (Å²) < 4.78 is 29.3. The van der Waals surface area contributed by atoms with Crippen molar-refractivity contribution in [2.24, 2.45) is 0 Å². The van der Waals surface area contributed by atoms with Gasteiger partial charge < -0.3 is 9.71 Å². The number of carbonyl (C=O) groups is 4. The monoisotopic (exact) mass is 481 g/mol. The number of nitrogens with zero attached hydrogens (tertiary/aromatic N) is 2. The first-order valence-electron chi connectivity index (χ1n) is 10.3. The normalized spacial score (nSPS) is 18.0. The summed E-state index contributed by atoms with van der Waals surface area (Å²) in [5.74, 6) is -6.94. The molecule has 0 aliphatic carbocycles. The van der Waals surface area contributed by atoms with Crippen LogP contribution in [0, 0.1) is 0 Å². The van der Waals surface area contributed by atoms with Gasteiger partial charge in [0.25, 0.3) is 11.8 Å². The zero-order chi connectivity index (χ0) is 24.8. The summed E-state index contributed by atoms with van der Waals surface area (Å²) in [5, 5.41) is 2.45. The van der Waals surface area contributed by atoms with E-state index in [4.69, 9.17) is 27.4 Å². The van der Waals surface area contributed by atoms with E-state index in [0.29, 0.717) is 10.4 Å². The van der Waals surface area contributed by atoms with Gasteiger partial charge in [-0.1, -0.05) is 41.3 Å². The number of hydrogen-bond acceptors (Lipinski definition) is 4. The molecule has 0 saturated carbocycles. The summed E-state index contributed by atoms with van der Waals surface area (Å²) in [6.45, 7) is -0.374. The van der Waals surface area contributed by atoms with Crippen LogP contribution in [0.25, 0.3) is 0 Å². The molecule has 12 heteroatoms. The molecule has 7 nitrogen and oxygen atoms in total. The maximum atomic E-state index is 14.7. The van der Waals surface area contributed by atoms with Gasteiger partial charge >= 0.3 is 5.92 Å². The average Bonchev–Trinajstić information content (AvgIpc) is 3.09. The molecule has 2 aliphatic heterocycles. The SMILES string of the molecule is [B]c1cc2c(cc1CN([B])C(=O)C(F)(F)c1ccc(Cl)cc1)CN(C1CCC(=O)NC1=O)C2=O. The Balaban J connectivity index is 1.52. The highest BCUT2D eigenvalue weighted by molar-refractivity contribution is 6.34. The fraction of sp³-hybridized carbons (Fsp3) is 0.273. The Morgan fingerprint density at radius 2 is 1.88 bits per heavy atom. The number of hydrogen-bond donors (Lipinski definition) is 1. The second-order valence-corrected chi connectivity index (χ2v) is 8.56. The molecular weight excluding hydrogens is 465 g/mol. The molecule has 0 spiro atoms. The lowest BCUT2D eigenvalue weighted by molar-refractivity contribution is -0.154. The lowest BCUT2D eigenvalue weighted by atomic mass is 9.86. The van der Waals surface area contributed by atoms with Gasteiger partial charge in [0.15, 0.2) is 0 Å². The van der Waals surface area contributed by atoms with E-state index in [0.717, 1.165) is 12.1 Å². The van der Waals surface area contributed by atoms with E-state index in [2.05, 4.69) is 5.32 Å². The number of alkyl halides is 2. The first-order valence-corrected chi connectivity index (χ1v) is 10.6. The number of benzene rings is 2. The Labute approximate surface area is 201 Å². The average molecular weight is 481 g/mol. The van der Waals surface area contributed by atoms with E-state index in [9.17, 15) is 28.0 Å². The van der Waals surface area contributed by atoms with Crippen LogP contribution in [-0.4, -0.2) is 55.2 Å². The third-order valence-corrected chi connectivity index (χ3v) is 6.11. The Bertz CT molecular complexity index is 1210. The van der Waals surface area contributed by atoms with Crippen LogP contribution in [-0.2, 0) is 33.4 Å². The van der Waals surface area contributed by atoms with Crippen molar-refractivity contribution in [1.82, 2.24) is 15.0 Å². The summed E-state index contributed by atoms with van der Waals surface area (Å²) >= 11 is 5.72. The van der Waals surface area contributed by atoms with Gasteiger partial charge in [0.1, 0.15) is 13.9 Å². The number of halogens is 3. The number of fused-ring (bicyclic) bond motifs is 1. The maximum Gasteiger partial charge on any atom is 0.348 e. The van der Waals surface area contributed by atoms with Crippen LogP contribution in [0.15, 0.2) is 36.4 Å². The predicted octanol–water partition coefficient (Wildman–Crippen LogP) is 1.10. The standard InChI is InChI=1S/C22H16B2ClF2N3O4/c23-16-8-15-11(9-29(20(15)33)17-5-6-18(31)28-19(17)32)7-12(16)10-30(24)21(34)22(26,27)13-1-3-14(25)4-2-13/h1-4,7-8,17H,5-6,9-10H2,(H,28,31,32). The minimum atomic E-state index is -3.90. The van der Waals surface area contributed by atoms with E-state index in [-0.39, 0.29) is 41.0 Å². The molecule has 4 amide bonds. The molecule has 34 heavy (non-hydrogen) atoms. The van der Waals surface area contributed by atoms with Crippen molar-refractivity contribution in [3.8, 4) is 0 Å². The van der Waals surface area contributed by atoms with Crippen LogP contribution in [0.3, 0.4) is 0 Å². The minimum Gasteiger partial charge on any atom is -0.387 e. The summed E-state index contributed by atoms with van der Waals surface area (Å²) in [6.07, 6.45) is 0.299. The minimum absolute atomic E-state index is 0.0627. The van der Waals surface area contributed by atoms with E-state index in [1.807, 2.05) is 0 Å². The molecule has 4 rings (SSSR count). The predicted molar refractivity (Wildman–Crippen MR) is 120 cm³/mol. The van der Waals surface area contributed by atoms with E-state index < -0.39 is 47.7 Å². The van der Waals surface area contributed by atoms with Crippen molar-refractivity contribution in [3.05, 3.63) is 63.7 Å². The molecule has 4 radical (unpaired) electrons. The molecular formula is C22H16B2ClF2N3O4. The first-order chi connectivity index (χ1) is 16.0. The number of piperidine rings is 1. The molecule has 1 atom stereocenters. The summed E-state index contributed by atoms with van der Waals surface area (Å²) in [7, 11) is 11.7. The van der Waals surface area contributed by atoms with Crippen LogP contribution in [0.5, 0.6) is 0 Å². The quantitative estimate of drug-likeness (QED) is 0.512. The van der Waals surface area contributed by atoms with Gasteiger partial charge in [0, 0.05) is 35.7 Å². The Morgan fingerprint density at radius 3 is 2.53 bits per heavy atom. The molecule has 1 unspecified atom stereocenters. The van der Waals surface area contributed by atoms with Gasteiger partial charge in [0.05, 0.1) is 0 Å². The number of nitrogens with one attached hydrogen (secondary N) is 1. The van der Waals surface area contributed by atoms with E-state index in [1.165, 1.54) is 29.2 Å². The van der Waals surface area contributed by atoms with Crippen LogP contribution < -0.4 is 10.8 Å². The van der Waals surface area contributed by atoms with Gasteiger partial charge in [-0.25, -0.2) is 0 Å². The molecule has 2 heterocycles. The number of carbonyl (C=O) groups excluding carboxylic acids is 4. The largest absolute Gasteiger partial charge is 0.387 e. The molecule has 0 bridgehead atoms. The fourth-order valence-electron chi connectivity index (χ4n) is 4.04. The molecule has 0 aromatic heterocycles. The summed E-state index contributed by atoms with van der Waals surface area (Å²) in [4.78, 5) is 50.5. The lowest BCUT2D eigenvalue weighted by Crippen LogP contribution is -2.52. The third-order valence-electron chi connectivity index (χ3n) is 5.86. The zero-order valence-corrected chi connectivity index (χ0v) is 18.4. The lowest BCUT2D eigenvalue weighted by Gasteiger charge is -2.29. The van der Waals surface area contributed by atoms with Gasteiger partial charge in [0.2, 0.25) is 19.8 Å².